The summed E-state index contributed by atoms with van der Waals surface area (Å²) in [5.74, 6) is 2.63. The molecule has 2 aliphatic rings. The number of hydrogen-bond acceptors (Lipinski definition) is 7. The van der Waals surface area contributed by atoms with E-state index in [-0.39, 0.29) is 16.1 Å². The van der Waals surface area contributed by atoms with E-state index in [1.165, 1.54) is 37.3 Å². The number of nitrogens with two attached hydrogens (primary N) is 1. The van der Waals surface area contributed by atoms with Gasteiger partial charge in [0.15, 0.2) is 0 Å². The summed E-state index contributed by atoms with van der Waals surface area (Å²) in [5.41, 5.74) is 1.92. The van der Waals surface area contributed by atoms with Gasteiger partial charge >= 0.3 is 12.3 Å². The average Bonchev–Trinajstić information content (AvgIpc) is 2.81. The molecule has 2 fully saturated rings. The third kappa shape index (κ3) is 4.40. The number of nitrogens with one attached hydrogen (secondary N) is 1. The number of carbonyl (C=O) groups excluding carboxylic acids is 2. The van der Waals surface area contributed by atoms with Crippen molar-refractivity contribution in [2.45, 2.75) is 50.5 Å². The average molecular weight is 444 g/mol. The van der Waals surface area contributed by atoms with Crippen LogP contribution in [0.5, 0.6) is 0 Å². The predicted molar refractivity (Wildman–Crippen MR) is 115 cm³/mol. The number of rotatable bonds is 6. The first kappa shape index (κ1) is 22.1. The number of carbonyl (C=O) groups is 2. The molecule has 1 saturated heterocycles. The summed E-state index contributed by atoms with van der Waals surface area (Å²) in [4.78, 5) is 34.0. The van der Waals surface area contributed by atoms with Gasteiger partial charge in [-0.1, -0.05) is 12.1 Å². The van der Waals surface area contributed by atoms with E-state index in [0.717, 1.165) is 37.9 Å². The molecule has 170 valence electrons. The molecule has 0 spiro atoms. The molecule has 1 aromatic heterocycles. The van der Waals surface area contributed by atoms with E-state index in [1.807, 2.05) is 0 Å². The lowest BCUT2D eigenvalue weighted by Gasteiger charge is -2.43. The van der Waals surface area contributed by atoms with Crippen LogP contribution in [0.4, 0.5) is 20.4 Å². The van der Waals surface area contributed by atoms with E-state index < -0.39 is 18.2 Å². The molecule has 1 saturated carbocycles. The first-order valence-corrected chi connectivity index (χ1v) is 10.8. The number of anilines is 2. The van der Waals surface area contributed by atoms with E-state index in [1.54, 1.807) is 0 Å². The van der Waals surface area contributed by atoms with Gasteiger partial charge in [0.2, 0.25) is 5.95 Å². The number of aromatic nitrogens is 2. The van der Waals surface area contributed by atoms with Crippen molar-refractivity contribution in [3.8, 4) is 0 Å². The molecule has 0 radical (unpaired) electrons. The highest BCUT2D eigenvalue weighted by molar-refractivity contribution is 6.04. The molecule has 2 amide bonds. The fraction of sp³-hybridized carbons (Fsp3) is 0.455. The Morgan fingerprint density at radius 1 is 1.03 bits per heavy atom. The Hall–Kier alpha value is -3.14. The van der Waals surface area contributed by atoms with Crippen molar-refractivity contribution in [3.63, 3.8) is 0 Å². The molecule has 0 bridgehead atoms. The molecule has 1 aliphatic carbocycles. The molecule has 8 nitrogen and oxygen atoms in total. The minimum absolute atomic E-state index is 0.117. The Morgan fingerprint density at radius 3 is 2.19 bits per heavy atom. The van der Waals surface area contributed by atoms with E-state index >= 15 is 0 Å². The van der Waals surface area contributed by atoms with Crippen LogP contribution >= 0.6 is 0 Å². The molecular formula is C22H26F2N6O2. The second kappa shape index (κ2) is 9.15. The summed E-state index contributed by atoms with van der Waals surface area (Å²) < 4.78 is 24.9. The van der Waals surface area contributed by atoms with Gasteiger partial charge in [-0.05, 0) is 56.2 Å². The zero-order chi connectivity index (χ0) is 22.7. The summed E-state index contributed by atoms with van der Waals surface area (Å²) in [5, 5.41) is 3.25. The number of hydrogen-bond donors (Lipinski definition) is 2. The summed E-state index contributed by atoms with van der Waals surface area (Å²) >= 11 is 0. The second-order valence-corrected chi connectivity index (χ2v) is 8.26. The van der Waals surface area contributed by atoms with Crippen LogP contribution in [0.25, 0.3) is 0 Å². The Bertz CT molecular complexity index is 957. The van der Waals surface area contributed by atoms with E-state index in [4.69, 9.17) is 5.84 Å². The smallest absolute Gasteiger partial charge is 0.317 e. The van der Waals surface area contributed by atoms with Gasteiger partial charge in [0.25, 0.3) is 5.91 Å². The first-order valence-electron chi connectivity index (χ1n) is 10.8. The van der Waals surface area contributed by atoms with Crippen molar-refractivity contribution >= 4 is 23.5 Å². The van der Waals surface area contributed by atoms with Gasteiger partial charge < -0.3 is 10.2 Å². The molecule has 3 N–H and O–H groups in total. The van der Waals surface area contributed by atoms with Crippen LogP contribution in [-0.2, 0) is 10.3 Å². The number of hydrazine groups is 1. The van der Waals surface area contributed by atoms with Gasteiger partial charge in [-0.25, -0.2) is 20.8 Å². The van der Waals surface area contributed by atoms with E-state index in [9.17, 15) is 18.4 Å². The fourth-order valence-corrected chi connectivity index (χ4v) is 4.22. The molecular weight excluding hydrogens is 418 g/mol. The molecule has 4 rings (SSSR count). The van der Waals surface area contributed by atoms with Crippen LogP contribution in [0.3, 0.4) is 0 Å². The molecule has 2 aromatic rings. The van der Waals surface area contributed by atoms with Crippen LogP contribution in [-0.4, -0.2) is 46.3 Å². The Morgan fingerprint density at radius 2 is 1.66 bits per heavy atom. The van der Waals surface area contributed by atoms with Crippen molar-refractivity contribution < 1.29 is 18.4 Å². The maximum Gasteiger partial charge on any atom is 0.317 e. The standard InChI is InChI=1S/C22H26F2N6O2/c23-18(24)20(32)30(25)19(31)15-13-26-21(27-14-15)28-22(9-4-10-22)16-5-7-17(8-6-16)29-11-2-1-3-12-29/h5-8,13-14,18H,1-4,9-12,25H2,(H,26,27,28). The van der Waals surface area contributed by atoms with Gasteiger partial charge in [-0.2, -0.15) is 8.78 Å². The number of benzene rings is 1. The number of piperidine rings is 1. The van der Waals surface area contributed by atoms with Gasteiger partial charge in [-0.15, -0.1) is 0 Å². The lowest BCUT2D eigenvalue weighted by atomic mass is 9.72. The highest BCUT2D eigenvalue weighted by atomic mass is 19.3. The zero-order valence-electron chi connectivity index (χ0n) is 17.6. The normalized spacial score (nSPS) is 17.6. The Balaban J connectivity index is 1.45. The molecule has 1 aliphatic heterocycles. The lowest BCUT2D eigenvalue weighted by Crippen LogP contribution is -2.45. The van der Waals surface area contributed by atoms with Crippen molar-refractivity contribution in [3.05, 3.63) is 47.8 Å². The van der Waals surface area contributed by atoms with Crippen LogP contribution in [0.2, 0.25) is 0 Å². The largest absolute Gasteiger partial charge is 0.372 e. The SMILES string of the molecule is NN(C(=O)c1cnc(NC2(c3ccc(N4CCCCC4)cc3)CCC2)nc1)C(=O)C(F)F. The summed E-state index contributed by atoms with van der Waals surface area (Å²) in [7, 11) is 0. The number of imide groups is 1. The number of alkyl halides is 2. The number of halogens is 2. The minimum atomic E-state index is -3.37. The fourth-order valence-electron chi connectivity index (χ4n) is 4.22. The molecule has 2 heterocycles. The second-order valence-electron chi connectivity index (χ2n) is 8.26. The third-order valence-electron chi connectivity index (χ3n) is 6.24. The van der Waals surface area contributed by atoms with E-state index in [0.29, 0.717) is 5.95 Å². The highest BCUT2D eigenvalue weighted by Crippen LogP contribution is 2.44. The molecule has 0 unspecified atom stereocenters. The van der Waals surface area contributed by atoms with Crippen LogP contribution in [0.15, 0.2) is 36.7 Å². The molecule has 0 atom stereocenters. The highest BCUT2D eigenvalue weighted by Gasteiger charge is 2.39. The summed E-state index contributed by atoms with van der Waals surface area (Å²) in [6.45, 7) is 2.18. The van der Waals surface area contributed by atoms with Crippen molar-refractivity contribution in [2.75, 3.05) is 23.3 Å². The number of amides is 2. The minimum Gasteiger partial charge on any atom is -0.372 e. The molecule has 1 aromatic carbocycles. The maximum absolute atomic E-state index is 12.5. The van der Waals surface area contributed by atoms with Gasteiger partial charge in [0.05, 0.1) is 11.1 Å². The van der Waals surface area contributed by atoms with Crippen molar-refractivity contribution in [1.82, 2.24) is 15.0 Å². The maximum atomic E-state index is 12.5. The molecule has 32 heavy (non-hydrogen) atoms. The summed E-state index contributed by atoms with van der Waals surface area (Å²) in [6, 6.07) is 8.58. The van der Waals surface area contributed by atoms with Crippen molar-refractivity contribution in [1.29, 1.82) is 0 Å². The van der Waals surface area contributed by atoms with Gasteiger partial charge in [0.1, 0.15) is 0 Å². The quantitative estimate of drug-likeness (QED) is 0.401. The van der Waals surface area contributed by atoms with E-state index in [2.05, 4.69) is 44.5 Å². The summed E-state index contributed by atoms with van der Waals surface area (Å²) in [6.07, 6.45) is 5.60. The monoisotopic (exact) mass is 444 g/mol. The van der Waals surface area contributed by atoms with Gasteiger partial charge in [0, 0.05) is 31.2 Å². The predicted octanol–water partition coefficient (Wildman–Crippen LogP) is 3.07. The molecule has 10 heteroatoms. The topological polar surface area (TPSA) is 104 Å². The Kier molecular flexibility index (Phi) is 6.31. The van der Waals surface area contributed by atoms with Crippen LogP contribution < -0.4 is 16.1 Å². The van der Waals surface area contributed by atoms with Crippen LogP contribution in [0, 0.1) is 0 Å². The zero-order valence-corrected chi connectivity index (χ0v) is 17.6. The first-order chi connectivity index (χ1) is 15.4. The van der Waals surface area contributed by atoms with Crippen molar-refractivity contribution in [2.24, 2.45) is 5.84 Å². The third-order valence-corrected chi connectivity index (χ3v) is 6.24. The Labute approximate surface area is 184 Å². The number of nitrogens with zero attached hydrogens (tertiary/aromatic N) is 4. The lowest BCUT2D eigenvalue weighted by molar-refractivity contribution is -0.140. The van der Waals surface area contributed by atoms with Gasteiger partial charge in [-0.3, -0.25) is 9.59 Å². The van der Waals surface area contributed by atoms with Crippen LogP contribution in [0.1, 0.15) is 54.4 Å².